The number of hydrogen-bond donors (Lipinski definition) is 1. The van der Waals surface area contributed by atoms with E-state index < -0.39 is 0 Å². The molecule has 0 bridgehead atoms. The molecule has 2 aromatic heterocycles. The molecule has 2 heterocycles. The van der Waals surface area contributed by atoms with E-state index in [9.17, 15) is 4.91 Å². The highest BCUT2D eigenvalue weighted by molar-refractivity contribution is 5.64. The van der Waals surface area contributed by atoms with Crippen LogP contribution in [0.2, 0.25) is 0 Å². The van der Waals surface area contributed by atoms with Crippen molar-refractivity contribution in [3.63, 3.8) is 0 Å². The molecule has 0 aliphatic heterocycles. The molecular weight excluding hydrogens is 342 g/mol. The number of benzene rings is 2. The quantitative estimate of drug-likeness (QED) is 0.525. The molecule has 4 aromatic rings. The van der Waals surface area contributed by atoms with Crippen molar-refractivity contribution in [1.29, 1.82) is 0 Å². The van der Waals surface area contributed by atoms with Crippen LogP contribution < -0.4 is 5.32 Å². The zero-order valence-electron chi connectivity index (χ0n) is 14.2. The van der Waals surface area contributed by atoms with E-state index in [-0.39, 0.29) is 0 Å². The van der Waals surface area contributed by atoms with Gasteiger partial charge in [0.25, 0.3) is 0 Å². The predicted octanol–water partition coefficient (Wildman–Crippen LogP) is 3.92. The van der Waals surface area contributed by atoms with Gasteiger partial charge in [-0.25, -0.2) is 19.6 Å². The minimum absolute atomic E-state index is 0.344. The maximum absolute atomic E-state index is 10.7. The normalized spacial score (nSPS) is 10.5. The second kappa shape index (κ2) is 7.52. The second-order valence-electron chi connectivity index (χ2n) is 5.83. The number of nitrogens with one attached hydrogen (secondary N) is 1. The maximum Gasteiger partial charge on any atom is 0.227 e. The number of hydrogen-bond acceptors (Lipinski definition) is 7. The van der Waals surface area contributed by atoms with Crippen LogP contribution in [-0.2, 0) is 6.54 Å². The highest BCUT2D eigenvalue weighted by Crippen LogP contribution is 2.23. The van der Waals surface area contributed by atoms with E-state index in [1.807, 2.05) is 30.3 Å². The zero-order valence-corrected chi connectivity index (χ0v) is 14.2. The number of rotatable bonds is 6. The lowest BCUT2D eigenvalue weighted by atomic mass is 10.1. The monoisotopic (exact) mass is 357 g/mol. The molecule has 0 fully saturated rings. The Balaban J connectivity index is 1.57. The van der Waals surface area contributed by atoms with Crippen molar-refractivity contribution in [2.45, 2.75) is 6.54 Å². The minimum atomic E-state index is 0.344. The van der Waals surface area contributed by atoms with Gasteiger partial charge in [-0.2, -0.15) is 5.10 Å². The standard InChI is InChI=1S/C19H15N7O/c27-25-17-6-2-5-16(10-17)23-19-21-8-7-18(24-19)15-4-1-3-14(9-15)11-26-13-20-12-22-26/h1-10,12-13H,11H2,(H,21,23,24). The summed E-state index contributed by atoms with van der Waals surface area (Å²) in [5, 5.41) is 10.2. The average Bonchev–Trinajstić information content (AvgIpc) is 3.22. The number of nitroso groups, excluding NO2 is 1. The summed E-state index contributed by atoms with van der Waals surface area (Å²) in [6.45, 7) is 0.634. The van der Waals surface area contributed by atoms with Gasteiger partial charge < -0.3 is 5.32 Å². The molecule has 1 N–H and O–H groups in total. The molecular formula is C19H15N7O. The SMILES string of the molecule is O=Nc1cccc(Nc2nccc(-c3cccc(Cn4cncn4)c3)n2)c1. The third-order valence-electron chi connectivity index (χ3n) is 3.90. The Morgan fingerprint density at radius 3 is 2.85 bits per heavy atom. The van der Waals surface area contributed by atoms with E-state index in [2.05, 4.69) is 36.6 Å². The summed E-state index contributed by atoms with van der Waals surface area (Å²) in [5.74, 6) is 0.442. The van der Waals surface area contributed by atoms with Gasteiger partial charge >= 0.3 is 0 Å². The van der Waals surface area contributed by atoms with Gasteiger partial charge in [-0.1, -0.05) is 24.3 Å². The van der Waals surface area contributed by atoms with E-state index in [0.717, 1.165) is 16.8 Å². The predicted molar refractivity (Wildman–Crippen MR) is 102 cm³/mol. The molecule has 0 atom stereocenters. The number of nitrogens with zero attached hydrogens (tertiary/aromatic N) is 6. The fourth-order valence-electron chi connectivity index (χ4n) is 2.68. The van der Waals surface area contributed by atoms with E-state index in [4.69, 9.17) is 0 Å². The van der Waals surface area contributed by atoms with Gasteiger partial charge in [0.15, 0.2) is 0 Å². The molecule has 27 heavy (non-hydrogen) atoms. The molecule has 2 aromatic carbocycles. The molecule has 8 heteroatoms. The Morgan fingerprint density at radius 2 is 2.00 bits per heavy atom. The molecule has 0 unspecified atom stereocenters. The third-order valence-corrected chi connectivity index (χ3v) is 3.90. The van der Waals surface area contributed by atoms with E-state index in [1.165, 1.54) is 6.33 Å². The maximum atomic E-state index is 10.7. The highest BCUT2D eigenvalue weighted by atomic mass is 16.3. The van der Waals surface area contributed by atoms with E-state index in [1.54, 1.807) is 35.4 Å². The van der Waals surface area contributed by atoms with Gasteiger partial charge in [0.1, 0.15) is 18.3 Å². The molecule has 0 spiro atoms. The van der Waals surface area contributed by atoms with Crippen LogP contribution in [0.4, 0.5) is 17.3 Å². The van der Waals surface area contributed by atoms with Crippen LogP contribution in [0.1, 0.15) is 5.56 Å². The lowest BCUT2D eigenvalue weighted by molar-refractivity contribution is 0.685. The van der Waals surface area contributed by atoms with Crippen molar-refractivity contribution in [1.82, 2.24) is 24.7 Å². The van der Waals surface area contributed by atoms with Gasteiger partial charge in [0.2, 0.25) is 5.95 Å². The number of anilines is 2. The van der Waals surface area contributed by atoms with Crippen LogP contribution >= 0.6 is 0 Å². The van der Waals surface area contributed by atoms with Crippen LogP contribution in [0.15, 0.2) is 78.6 Å². The Kier molecular flexibility index (Phi) is 4.60. The van der Waals surface area contributed by atoms with Crippen molar-refractivity contribution in [2.75, 3.05) is 5.32 Å². The first kappa shape index (κ1) is 16.5. The molecule has 0 saturated carbocycles. The lowest BCUT2D eigenvalue weighted by Gasteiger charge is -2.08. The summed E-state index contributed by atoms with van der Waals surface area (Å²) in [6.07, 6.45) is 4.89. The van der Waals surface area contributed by atoms with Crippen molar-refractivity contribution in [3.05, 3.63) is 83.9 Å². The second-order valence-corrected chi connectivity index (χ2v) is 5.83. The fraction of sp³-hybridized carbons (Fsp3) is 0.0526. The van der Waals surface area contributed by atoms with Crippen molar-refractivity contribution < 1.29 is 0 Å². The summed E-state index contributed by atoms with van der Waals surface area (Å²) in [7, 11) is 0. The Hall–Kier alpha value is -3.94. The summed E-state index contributed by atoms with van der Waals surface area (Å²) in [4.78, 5) is 23.4. The van der Waals surface area contributed by atoms with Crippen molar-refractivity contribution in [3.8, 4) is 11.3 Å². The Labute approximate surface area is 154 Å². The number of aromatic nitrogens is 5. The molecule has 0 amide bonds. The van der Waals surface area contributed by atoms with Crippen molar-refractivity contribution >= 4 is 17.3 Å². The van der Waals surface area contributed by atoms with Crippen LogP contribution in [0.5, 0.6) is 0 Å². The summed E-state index contributed by atoms with van der Waals surface area (Å²) >= 11 is 0. The van der Waals surface area contributed by atoms with E-state index >= 15 is 0 Å². The van der Waals surface area contributed by atoms with Crippen LogP contribution in [0.3, 0.4) is 0 Å². The lowest BCUT2D eigenvalue weighted by Crippen LogP contribution is -2.00. The largest absolute Gasteiger partial charge is 0.324 e. The molecule has 132 valence electrons. The summed E-state index contributed by atoms with van der Waals surface area (Å²) in [5.41, 5.74) is 3.90. The van der Waals surface area contributed by atoms with Crippen LogP contribution in [-0.4, -0.2) is 24.7 Å². The van der Waals surface area contributed by atoms with Gasteiger partial charge in [-0.05, 0) is 41.1 Å². The smallest absolute Gasteiger partial charge is 0.227 e. The fourth-order valence-corrected chi connectivity index (χ4v) is 2.68. The average molecular weight is 357 g/mol. The zero-order chi connectivity index (χ0) is 18.5. The highest BCUT2D eigenvalue weighted by Gasteiger charge is 2.05. The first-order chi connectivity index (χ1) is 13.3. The van der Waals surface area contributed by atoms with Gasteiger partial charge in [-0.3, -0.25) is 0 Å². The topological polar surface area (TPSA) is 98.0 Å². The Morgan fingerprint density at radius 1 is 1.07 bits per heavy atom. The molecule has 8 nitrogen and oxygen atoms in total. The van der Waals surface area contributed by atoms with Crippen molar-refractivity contribution in [2.24, 2.45) is 5.18 Å². The molecule has 0 aliphatic rings. The molecule has 0 radical (unpaired) electrons. The molecule has 0 saturated heterocycles. The Bertz CT molecular complexity index is 1060. The van der Waals surface area contributed by atoms with Crippen LogP contribution in [0.25, 0.3) is 11.3 Å². The summed E-state index contributed by atoms with van der Waals surface area (Å²) < 4.78 is 1.76. The first-order valence-corrected chi connectivity index (χ1v) is 8.25. The third kappa shape index (κ3) is 4.01. The van der Waals surface area contributed by atoms with Crippen LogP contribution in [0, 0.1) is 4.91 Å². The first-order valence-electron chi connectivity index (χ1n) is 8.25. The van der Waals surface area contributed by atoms with Gasteiger partial charge in [-0.15, -0.1) is 4.91 Å². The molecule has 0 aliphatic carbocycles. The van der Waals surface area contributed by atoms with E-state index in [0.29, 0.717) is 23.9 Å². The minimum Gasteiger partial charge on any atom is -0.324 e. The summed E-state index contributed by atoms with van der Waals surface area (Å²) in [6, 6.07) is 16.8. The molecule has 4 rings (SSSR count). The van der Waals surface area contributed by atoms with Gasteiger partial charge in [0, 0.05) is 17.4 Å². The van der Waals surface area contributed by atoms with Gasteiger partial charge in [0.05, 0.1) is 12.2 Å².